The van der Waals surface area contributed by atoms with Crippen LogP contribution in [0.4, 0.5) is 0 Å². The average Bonchev–Trinajstić information content (AvgIpc) is 2.46. The van der Waals surface area contributed by atoms with Crippen LogP contribution in [-0.2, 0) is 6.42 Å². The van der Waals surface area contributed by atoms with Gasteiger partial charge in [0.15, 0.2) is 11.6 Å². The Kier molecular flexibility index (Phi) is 3.10. The Morgan fingerprint density at radius 3 is 2.32 bits per heavy atom. The minimum Gasteiger partial charge on any atom is -0.507 e. The molecule has 110 valence electrons. The van der Waals surface area contributed by atoms with Gasteiger partial charge in [0, 0.05) is 11.1 Å². The maximum atomic E-state index is 12.6. The van der Waals surface area contributed by atoms with Gasteiger partial charge in [-0.25, -0.2) is 0 Å². The number of phenolic OH excluding ortho intramolecular Hbond substituents is 2. The fraction of sp³-hybridized carbons (Fsp3) is 0.111. The number of fused-ring (bicyclic) bond motifs is 2. The van der Waals surface area contributed by atoms with Crippen molar-refractivity contribution in [3.8, 4) is 11.5 Å². The van der Waals surface area contributed by atoms with Crippen LogP contribution in [0.15, 0.2) is 42.5 Å². The van der Waals surface area contributed by atoms with Crippen molar-refractivity contribution in [1.82, 2.24) is 0 Å². The van der Waals surface area contributed by atoms with Gasteiger partial charge in [0.1, 0.15) is 11.5 Å². The Hall–Kier alpha value is -2.88. The lowest BCUT2D eigenvalue weighted by molar-refractivity contribution is 0.0974. The maximum absolute atomic E-state index is 12.6. The third-order valence-corrected chi connectivity index (χ3v) is 3.74. The van der Waals surface area contributed by atoms with Crippen LogP contribution in [0, 0.1) is 0 Å². The number of carbonyl (C=O) groups is 2. The Morgan fingerprint density at radius 2 is 1.64 bits per heavy atom. The van der Waals surface area contributed by atoms with Crippen molar-refractivity contribution in [2.45, 2.75) is 13.3 Å². The van der Waals surface area contributed by atoms with Crippen LogP contribution in [0.25, 0.3) is 0 Å². The van der Waals surface area contributed by atoms with Gasteiger partial charge >= 0.3 is 0 Å². The van der Waals surface area contributed by atoms with Gasteiger partial charge in [0.25, 0.3) is 0 Å². The number of hydrogen-bond acceptors (Lipinski definition) is 4. The monoisotopic (exact) mass is 294 g/mol. The number of phenols is 2. The number of aromatic hydroxyl groups is 2. The molecule has 22 heavy (non-hydrogen) atoms. The molecule has 0 saturated heterocycles. The van der Waals surface area contributed by atoms with E-state index in [0.29, 0.717) is 12.0 Å². The van der Waals surface area contributed by atoms with Gasteiger partial charge in [0.05, 0.1) is 11.1 Å². The van der Waals surface area contributed by atoms with Gasteiger partial charge in [-0.2, -0.15) is 0 Å². The standard InChI is InChI=1S/C18H14O4/c1-9(2)8-10-6-7-12-15(16(10)20)18(22)11-4-3-5-13(19)14(11)17(12)21/h3-7,19-20H,1,8H2,2H3. The first-order chi connectivity index (χ1) is 10.4. The molecule has 0 aliphatic heterocycles. The summed E-state index contributed by atoms with van der Waals surface area (Å²) in [5, 5.41) is 20.3. The second-order valence-electron chi connectivity index (χ2n) is 5.49. The quantitative estimate of drug-likeness (QED) is 0.712. The topological polar surface area (TPSA) is 74.6 Å². The molecule has 3 rings (SSSR count). The van der Waals surface area contributed by atoms with Crippen molar-refractivity contribution >= 4 is 11.6 Å². The molecule has 0 fully saturated rings. The summed E-state index contributed by atoms with van der Waals surface area (Å²) in [7, 11) is 0. The summed E-state index contributed by atoms with van der Waals surface area (Å²) in [6.45, 7) is 5.61. The van der Waals surface area contributed by atoms with E-state index in [1.807, 2.05) is 6.92 Å². The summed E-state index contributed by atoms with van der Waals surface area (Å²) in [6.07, 6.45) is 0.424. The zero-order chi connectivity index (χ0) is 16.0. The van der Waals surface area contributed by atoms with Crippen LogP contribution in [0.1, 0.15) is 44.3 Å². The molecule has 2 aromatic rings. The van der Waals surface area contributed by atoms with Gasteiger partial charge in [-0.3, -0.25) is 9.59 Å². The van der Waals surface area contributed by atoms with E-state index in [9.17, 15) is 19.8 Å². The second-order valence-corrected chi connectivity index (χ2v) is 5.49. The molecule has 2 N–H and O–H groups in total. The first kappa shape index (κ1) is 14.1. The van der Waals surface area contributed by atoms with Crippen LogP contribution in [0.2, 0.25) is 0 Å². The zero-order valence-electron chi connectivity index (χ0n) is 12.0. The van der Waals surface area contributed by atoms with Crippen LogP contribution in [-0.4, -0.2) is 21.8 Å². The van der Waals surface area contributed by atoms with Gasteiger partial charge in [0.2, 0.25) is 0 Å². The van der Waals surface area contributed by atoms with Crippen LogP contribution >= 0.6 is 0 Å². The molecule has 0 saturated carbocycles. The molecule has 1 aliphatic carbocycles. The number of rotatable bonds is 2. The highest BCUT2D eigenvalue weighted by atomic mass is 16.3. The highest BCUT2D eigenvalue weighted by Crippen LogP contribution is 2.38. The summed E-state index contributed by atoms with van der Waals surface area (Å²) in [5.74, 6) is -1.33. The number of benzene rings is 2. The van der Waals surface area contributed by atoms with Crippen molar-refractivity contribution in [3.63, 3.8) is 0 Å². The minimum atomic E-state index is -0.458. The first-order valence-electron chi connectivity index (χ1n) is 6.82. The van der Waals surface area contributed by atoms with Crippen molar-refractivity contribution in [3.05, 3.63) is 70.3 Å². The Morgan fingerprint density at radius 1 is 1.00 bits per heavy atom. The Labute approximate surface area is 127 Å². The van der Waals surface area contributed by atoms with Crippen molar-refractivity contribution < 1.29 is 19.8 Å². The lowest BCUT2D eigenvalue weighted by Gasteiger charge is -2.20. The molecule has 0 bridgehead atoms. The molecule has 0 spiro atoms. The molecule has 4 heteroatoms. The van der Waals surface area contributed by atoms with E-state index < -0.39 is 11.6 Å². The first-order valence-corrected chi connectivity index (χ1v) is 6.82. The smallest absolute Gasteiger partial charge is 0.198 e. The molecule has 2 aromatic carbocycles. The Bertz CT molecular complexity index is 846. The van der Waals surface area contributed by atoms with E-state index in [1.54, 1.807) is 6.07 Å². The normalized spacial score (nSPS) is 12.8. The van der Waals surface area contributed by atoms with Gasteiger partial charge in [-0.1, -0.05) is 30.4 Å². The molecule has 4 nitrogen and oxygen atoms in total. The van der Waals surface area contributed by atoms with Gasteiger partial charge < -0.3 is 10.2 Å². The molecular weight excluding hydrogens is 280 g/mol. The molecule has 0 amide bonds. The SMILES string of the molecule is C=C(C)Cc1ccc2c(c1O)C(=O)c1cccc(O)c1C2=O. The summed E-state index contributed by atoms with van der Waals surface area (Å²) in [6, 6.07) is 7.47. The Balaban J connectivity index is 2.26. The van der Waals surface area contributed by atoms with Crippen LogP contribution in [0.3, 0.4) is 0 Å². The van der Waals surface area contributed by atoms with Crippen molar-refractivity contribution in [1.29, 1.82) is 0 Å². The maximum Gasteiger partial charge on any atom is 0.198 e. The predicted molar refractivity (Wildman–Crippen MR) is 81.6 cm³/mol. The van der Waals surface area contributed by atoms with E-state index in [0.717, 1.165) is 5.57 Å². The van der Waals surface area contributed by atoms with Gasteiger partial charge in [-0.15, -0.1) is 0 Å². The minimum absolute atomic E-state index is 0.00171. The van der Waals surface area contributed by atoms with E-state index >= 15 is 0 Å². The fourth-order valence-corrected chi connectivity index (χ4v) is 2.76. The molecule has 0 heterocycles. The molecule has 1 aliphatic rings. The summed E-state index contributed by atoms with van der Waals surface area (Å²) in [5.41, 5.74) is 1.61. The van der Waals surface area contributed by atoms with E-state index in [1.165, 1.54) is 24.3 Å². The molecule has 0 unspecified atom stereocenters. The predicted octanol–water partition coefficient (Wildman–Crippen LogP) is 2.99. The van der Waals surface area contributed by atoms with Crippen LogP contribution in [0.5, 0.6) is 11.5 Å². The number of ketones is 2. The number of hydrogen-bond donors (Lipinski definition) is 2. The number of carbonyl (C=O) groups excluding carboxylic acids is 2. The van der Waals surface area contributed by atoms with E-state index in [-0.39, 0.29) is 33.8 Å². The number of allylic oxidation sites excluding steroid dienone is 1. The lowest BCUT2D eigenvalue weighted by atomic mass is 9.82. The third-order valence-electron chi connectivity index (χ3n) is 3.74. The summed E-state index contributed by atoms with van der Waals surface area (Å²) < 4.78 is 0. The summed E-state index contributed by atoms with van der Waals surface area (Å²) in [4.78, 5) is 25.1. The fourth-order valence-electron chi connectivity index (χ4n) is 2.76. The molecular formula is C18H14O4. The van der Waals surface area contributed by atoms with Gasteiger partial charge in [-0.05, 0) is 31.0 Å². The second kappa shape index (κ2) is 4.84. The largest absolute Gasteiger partial charge is 0.507 e. The van der Waals surface area contributed by atoms with Crippen LogP contribution < -0.4 is 0 Å². The summed E-state index contributed by atoms with van der Waals surface area (Å²) >= 11 is 0. The van der Waals surface area contributed by atoms with E-state index in [4.69, 9.17) is 0 Å². The third kappa shape index (κ3) is 1.92. The molecule has 0 atom stereocenters. The van der Waals surface area contributed by atoms with Crippen molar-refractivity contribution in [2.75, 3.05) is 0 Å². The highest BCUT2D eigenvalue weighted by Gasteiger charge is 2.34. The highest BCUT2D eigenvalue weighted by molar-refractivity contribution is 6.30. The average molecular weight is 294 g/mol. The van der Waals surface area contributed by atoms with E-state index in [2.05, 4.69) is 6.58 Å². The van der Waals surface area contributed by atoms with Crippen molar-refractivity contribution in [2.24, 2.45) is 0 Å². The molecule has 0 aromatic heterocycles. The zero-order valence-corrected chi connectivity index (χ0v) is 12.0. The lowest BCUT2D eigenvalue weighted by Crippen LogP contribution is -2.21. The molecule has 0 radical (unpaired) electrons.